The lowest BCUT2D eigenvalue weighted by Crippen LogP contribution is -2.39. The number of piperidine rings is 1. The summed E-state index contributed by atoms with van der Waals surface area (Å²) in [6.45, 7) is 6.14. The first-order chi connectivity index (χ1) is 6.09. The third-order valence-corrected chi connectivity index (χ3v) is 2.58. The molecular formula is C10H19NO2. The SMILES string of the molecule is CC(C)C(=O)CN1CCC(O)CC1. The van der Waals surface area contributed by atoms with E-state index in [1.165, 1.54) is 0 Å². The van der Waals surface area contributed by atoms with E-state index >= 15 is 0 Å². The fourth-order valence-electron chi connectivity index (χ4n) is 1.48. The summed E-state index contributed by atoms with van der Waals surface area (Å²) in [6.07, 6.45) is 1.47. The summed E-state index contributed by atoms with van der Waals surface area (Å²) in [4.78, 5) is 13.5. The molecule has 0 aromatic carbocycles. The first kappa shape index (κ1) is 10.7. The Labute approximate surface area is 79.7 Å². The van der Waals surface area contributed by atoms with E-state index in [1.54, 1.807) is 0 Å². The van der Waals surface area contributed by atoms with Crippen molar-refractivity contribution in [2.75, 3.05) is 19.6 Å². The topological polar surface area (TPSA) is 40.5 Å². The average molecular weight is 185 g/mol. The van der Waals surface area contributed by atoms with Gasteiger partial charge in [-0.2, -0.15) is 0 Å². The number of ketones is 1. The molecule has 13 heavy (non-hydrogen) atoms. The number of likely N-dealkylation sites (tertiary alicyclic amines) is 1. The second kappa shape index (κ2) is 4.72. The van der Waals surface area contributed by atoms with Crippen molar-refractivity contribution in [2.24, 2.45) is 5.92 Å². The molecule has 1 fully saturated rings. The molecule has 0 aliphatic carbocycles. The molecule has 0 bridgehead atoms. The van der Waals surface area contributed by atoms with Crippen LogP contribution in [0.5, 0.6) is 0 Å². The minimum atomic E-state index is -0.148. The number of aliphatic hydroxyl groups is 1. The highest BCUT2D eigenvalue weighted by atomic mass is 16.3. The molecule has 1 aliphatic heterocycles. The quantitative estimate of drug-likeness (QED) is 0.702. The van der Waals surface area contributed by atoms with Crippen LogP contribution in [0.1, 0.15) is 26.7 Å². The van der Waals surface area contributed by atoms with Crippen molar-refractivity contribution in [1.29, 1.82) is 0 Å². The molecule has 1 saturated heterocycles. The molecule has 0 spiro atoms. The van der Waals surface area contributed by atoms with E-state index in [4.69, 9.17) is 0 Å². The van der Waals surface area contributed by atoms with Crippen molar-refractivity contribution in [3.8, 4) is 0 Å². The zero-order valence-corrected chi connectivity index (χ0v) is 8.49. The maximum atomic E-state index is 11.4. The average Bonchev–Trinajstić information content (AvgIpc) is 2.08. The van der Waals surface area contributed by atoms with Crippen molar-refractivity contribution in [2.45, 2.75) is 32.8 Å². The highest BCUT2D eigenvalue weighted by Gasteiger charge is 2.19. The molecule has 0 radical (unpaired) electrons. The van der Waals surface area contributed by atoms with Crippen LogP contribution in [0.15, 0.2) is 0 Å². The Morgan fingerprint density at radius 1 is 1.46 bits per heavy atom. The van der Waals surface area contributed by atoms with Gasteiger partial charge in [-0.25, -0.2) is 0 Å². The van der Waals surface area contributed by atoms with E-state index in [0.717, 1.165) is 25.9 Å². The Bertz CT molecular complexity index is 172. The van der Waals surface area contributed by atoms with Gasteiger partial charge in [-0.15, -0.1) is 0 Å². The minimum Gasteiger partial charge on any atom is -0.393 e. The summed E-state index contributed by atoms with van der Waals surface area (Å²) in [5.74, 6) is 0.434. The Morgan fingerprint density at radius 2 is 2.00 bits per heavy atom. The highest BCUT2D eigenvalue weighted by Crippen LogP contribution is 2.10. The van der Waals surface area contributed by atoms with Crippen LogP contribution in [0.2, 0.25) is 0 Å². The zero-order valence-electron chi connectivity index (χ0n) is 8.49. The number of Topliss-reactive ketones (excluding diaryl/α,β-unsaturated/α-hetero) is 1. The molecule has 1 rings (SSSR count). The summed E-state index contributed by atoms with van der Waals surface area (Å²) >= 11 is 0. The molecule has 0 aromatic rings. The number of aliphatic hydroxyl groups excluding tert-OH is 1. The second-order valence-corrected chi connectivity index (χ2v) is 4.13. The first-order valence-corrected chi connectivity index (χ1v) is 5.02. The van der Waals surface area contributed by atoms with Gasteiger partial charge in [0.25, 0.3) is 0 Å². The van der Waals surface area contributed by atoms with Crippen LogP contribution in [-0.2, 0) is 4.79 Å². The number of hydrogen-bond donors (Lipinski definition) is 1. The Balaban J connectivity index is 2.26. The maximum Gasteiger partial charge on any atom is 0.149 e. The van der Waals surface area contributed by atoms with Gasteiger partial charge in [-0.1, -0.05) is 13.8 Å². The van der Waals surface area contributed by atoms with Crippen LogP contribution in [0.4, 0.5) is 0 Å². The molecule has 3 heteroatoms. The van der Waals surface area contributed by atoms with Gasteiger partial charge < -0.3 is 5.11 Å². The molecule has 1 heterocycles. The summed E-state index contributed by atoms with van der Waals surface area (Å²) < 4.78 is 0. The molecule has 0 saturated carbocycles. The van der Waals surface area contributed by atoms with Gasteiger partial charge in [0.2, 0.25) is 0 Å². The normalized spacial score (nSPS) is 20.9. The fourth-order valence-corrected chi connectivity index (χ4v) is 1.48. The number of hydrogen-bond acceptors (Lipinski definition) is 3. The van der Waals surface area contributed by atoms with E-state index in [2.05, 4.69) is 4.90 Å². The highest BCUT2D eigenvalue weighted by molar-refractivity contribution is 5.82. The summed E-state index contributed by atoms with van der Waals surface area (Å²) in [7, 11) is 0. The lowest BCUT2D eigenvalue weighted by atomic mass is 10.1. The molecule has 0 aromatic heterocycles. The predicted molar refractivity (Wildman–Crippen MR) is 51.5 cm³/mol. The predicted octanol–water partition coefficient (Wildman–Crippen LogP) is 0.668. The number of nitrogens with zero attached hydrogens (tertiary/aromatic N) is 1. The Kier molecular flexibility index (Phi) is 3.88. The van der Waals surface area contributed by atoms with E-state index < -0.39 is 0 Å². The maximum absolute atomic E-state index is 11.4. The van der Waals surface area contributed by atoms with Crippen LogP contribution in [0.3, 0.4) is 0 Å². The fraction of sp³-hybridized carbons (Fsp3) is 0.900. The van der Waals surface area contributed by atoms with Gasteiger partial charge in [0.1, 0.15) is 5.78 Å². The lowest BCUT2D eigenvalue weighted by Gasteiger charge is -2.29. The van der Waals surface area contributed by atoms with Crippen molar-refractivity contribution in [3.05, 3.63) is 0 Å². The molecule has 76 valence electrons. The zero-order chi connectivity index (χ0) is 9.84. The Hall–Kier alpha value is -0.410. The molecule has 1 N–H and O–H groups in total. The minimum absolute atomic E-state index is 0.131. The van der Waals surface area contributed by atoms with E-state index in [9.17, 15) is 9.90 Å². The van der Waals surface area contributed by atoms with Crippen LogP contribution < -0.4 is 0 Å². The van der Waals surface area contributed by atoms with Crippen molar-refractivity contribution in [1.82, 2.24) is 4.90 Å². The van der Waals surface area contributed by atoms with Crippen LogP contribution in [0.25, 0.3) is 0 Å². The summed E-state index contributed by atoms with van der Waals surface area (Å²) in [5.41, 5.74) is 0. The number of carbonyl (C=O) groups excluding carboxylic acids is 1. The van der Waals surface area contributed by atoms with Gasteiger partial charge in [0.05, 0.1) is 12.6 Å². The molecule has 1 aliphatic rings. The third-order valence-electron chi connectivity index (χ3n) is 2.58. The van der Waals surface area contributed by atoms with Gasteiger partial charge in [0.15, 0.2) is 0 Å². The van der Waals surface area contributed by atoms with Crippen LogP contribution in [-0.4, -0.2) is 41.5 Å². The molecule has 0 unspecified atom stereocenters. The molecule has 0 atom stereocenters. The number of rotatable bonds is 3. The van der Waals surface area contributed by atoms with E-state index in [1.807, 2.05) is 13.8 Å². The van der Waals surface area contributed by atoms with Crippen molar-refractivity contribution < 1.29 is 9.90 Å². The van der Waals surface area contributed by atoms with Gasteiger partial charge in [-0.05, 0) is 12.8 Å². The van der Waals surface area contributed by atoms with Crippen LogP contribution >= 0.6 is 0 Å². The van der Waals surface area contributed by atoms with Crippen molar-refractivity contribution >= 4 is 5.78 Å². The second-order valence-electron chi connectivity index (χ2n) is 4.13. The summed E-state index contributed by atoms with van der Waals surface area (Å²) in [5, 5.41) is 9.26. The molecule has 0 amide bonds. The largest absolute Gasteiger partial charge is 0.393 e. The lowest BCUT2D eigenvalue weighted by molar-refractivity contribution is -0.123. The smallest absolute Gasteiger partial charge is 0.149 e. The third kappa shape index (κ3) is 3.44. The van der Waals surface area contributed by atoms with Gasteiger partial charge in [-0.3, -0.25) is 9.69 Å². The van der Waals surface area contributed by atoms with Crippen molar-refractivity contribution in [3.63, 3.8) is 0 Å². The van der Waals surface area contributed by atoms with E-state index in [0.29, 0.717) is 12.3 Å². The standard InChI is InChI=1S/C10H19NO2/c1-8(2)10(13)7-11-5-3-9(12)4-6-11/h8-9,12H,3-7H2,1-2H3. The Morgan fingerprint density at radius 3 is 2.46 bits per heavy atom. The van der Waals surface area contributed by atoms with Crippen LogP contribution in [0, 0.1) is 5.92 Å². The van der Waals surface area contributed by atoms with Gasteiger partial charge in [0, 0.05) is 19.0 Å². The molecular weight excluding hydrogens is 166 g/mol. The first-order valence-electron chi connectivity index (χ1n) is 5.02. The molecule has 3 nitrogen and oxygen atoms in total. The number of carbonyl (C=O) groups is 1. The van der Waals surface area contributed by atoms with Gasteiger partial charge >= 0.3 is 0 Å². The monoisotopic (exact) mass is 185 g/mol. The summed E-state index contributed by atoms with van der Waals surface area (Å²) in [6, 6.07) is 0. The van der Waals surface area contributed by atoms with E-state index in [-0.39, 0.29) is 12.0 Å².